The van der Waals surface area contributed by atoms with Crippen LogP contribution in [-0.4, -0.2) is 139 Å². The number of nitrogens with one attached hydrogen (secondary N) is 13. The zero-order chi connectivity index (χ0) is 55.9. The molecule has 26 nitrogen and oxygen atoms in total. The van der Waals surface area contributed by atoms with Crippen molar-refractivity contribution < 1.29 is 51.9 Å². The third kappa shape index (κ3) is 19.8. The van der Waals surface area contributed by atoms with Crippen LogP contribution in [0.5, 0.6) is 0 Å². The van der Waals surface area contributed by atoms with Crippen LogP contribution in [0.25, 0.3) is 10.9 Å². The molecule has 0 aliphatic carbocycles. The highest BCUT2D eigenvalue weighted by Crippen LogP contribution is 2.20. The van der Waals surface area contributed by atoms with E-state index in [2.05, 4.69) is 58.2 Å². The van der Waals surface area contributed by atoms with E-state index in [1.54, 1.807) is 30.5 Å². The molecule has 1 aromatic heterocycles. The van der Waals surface area contributed by atoms with Crippen molar-refractivity contribution >= 4 is 76.0 Å². The minimum absolute atomic E-state index is 0.00843. The van der Waals surface area contributed by atoms with Crippen molar-refractivity contribution in [2.45, 2.75) is 120 Å². The van der Waals surface area contributed by atoms with Gasteiger partial charge in [0.15, 0.2) is 23.6 Å². The van der Waals surface area contributed by atoms with E-state index >= 15 is 0 Å². The number of carbonyl (C=O) groups is 9. The quantitative estimate of drug-likeness (QED) is 0.0337. The van der Waals surface area contributed by atoms with Crippen molar-refractivity contribution in [2.24, 2.45) is 22.9 Å². The minimum atomic E-state index is -1.70. The van der Waals surface area contributed by atoms with Gasteiger partial charge < -0.3 is 81.1 Å². The SMILES string of the molecule is CC(=O)N[C@@H](CCCNC(=N)N)C(=O)N[C@H]1CCC(=O)NCCC[C@@H](C(N)=O)NC(=O)[C@H](Cc2c[nH]c3ccccc23)NC(=O)[C@H](CCCNC(=N)N)NC(=O)[C@@H](Cc2ccc(F)c(F)c2)NC(=O)[C@H](CCN)NC1=O. The summed E-state index contributed by atoms with van der Waals surface area (Å²) >= 11 is 0. The lowest BCUT2D eigenvalue weighted by Crippen LogP contribution is -2.60. The lowest BCUT2D eigenvalue weighted by atomic mass is 10.0. The van der Waals surface area contributed by atoms with Gasteiger partial charge in [0.05, 0.1) is 0 Å². The molecule has 2 aromatic carbocycles. The Hall–Kier alpha value is -8.43. The topological polar surface area (TPSA) is 441 Å². The molecule has 28 heteroatoms. The number of guanidine groups is 2. The molecule has 1 aliphatic heterocycles. The van der Waals surface area contributed by atoms with Crippen molar-refractivity contribution in [2.75, 3.05) is 26.2 Å². The smallest absolute Gasteiger partial charge is 0.243 e. The van der Waals surface area contributed by atoms with Gasteiger partial charge in [-0.05, 0) is 87.2 Å². The fraction of sp³-hybridized carbons (Fsp3) is 0.479. The normalized spacial score (nSPS) is 21.0. The average Bonchev–Trinajstić information content (AvgIpc) is 3.77. The molecule has 2 heterocycles. The number of primary amides is 1. The highest BCUT2D eigenvalue weighted by molar-refractivity contribution is 5.98. The Morgan fingerprint density at radius 1 is 0.737 bits per heavy atom. The highest BCUT2D eigenvalue weighted by atomic mass is 19.2. The predicted octanol–water partition coefficient (Wildman–Crippen LogP) is -3.30. The second kappa shape index (κ2) is 30.1. The summed E-state index contributed by atoms with van der Waals surface area (Å²) in [4.78, 5) is 127. The van der Waals surface area contributed by atoms with E-state index in [0.717, 1.165) is 25.1 Å². The lowest BCUT2D eigenvalue weighted by molar-refractivity contribution is -0.136. The molecule has 1 fully saturated rings. The number of benzene rings is 2. The van der Waals surface area contributed by atoms with E-state index in [-0.39, 0.29) is 101 Å². The van der Waals surface area contributed by atoms with Gasteiger partial charge in [-0.15, -0.1) is 0 Å². The third-order valence-electron chi connectivity index (χ3n) is 12.1. The van der Waals surface area contributed by atoms with Crippen LogP contribution >= 0.6 is 0 Å². The van der Waals surface area contributed by atoms with Gasteiger partial charge in [-0.25, -0.2) is 8.78 Å². The lowest BCUT2D eigenvalue weighted by Gasteiger charge is -2.28. The van der Waals surface area contributed by atoms with Gasteiger partial charge in [-0.2, -0.15) is 0 Å². The molecule has 9 amide bonds. The number of carbonyl (C=O) groups excluding carboxylic acids is 9. The van der Waals surface area contributed by atoms with E-state index in [1.165, 1.54) is 0 Å². The first-order valence-electron chi connectivity index (χ1n) is 24.7. The molecule has 0 bridgehead atoms. The number of hydrogen-bond acceptors (Lipinski definition) is 12. The first-order valence-corrected chi connectivity index (χ1v) is 24.7. The van der Waals surface area contributed by atoms with E-state index in [9.17, 15) is 51.9 Å². The summed E-state index contributed by atoms with van der Waals surface area (Å²) in [5.74, 6) is -11.0. The molecule has 3 aromatic rings. The number of rotatable bonds is 18. The Morgan fingerprint density at radius 3 is 1.99 bits per heavy atom. The van der Waals surface area contributed by atoms with Crippen molar-refractivity contribution in [3.05, 3.63) is 71.4 Å². The fourth-order valence-corrected chi connectivity index (χ4v) is 8.20. The summed E-state index contributed by atoms with van der Waals surface area (Å²) in [6.45, 7) is 1.08. The van der Waals surface area contributed by atoms with Gasteiger partial charge in [-0.3, -0.25) is 54.0 Å². The largest absolute Gasteiger partial charge is 0.370 e. The molecule has 21 N–H and O–H groups in total. The molecule has 4 rings (SSSR count). The monoisotopic (exact) mass is 1070 g/mol. The van der Waals surface area contributed by atoms with E-state index in [4.69, 9.17) is 33.8 Å². The Balaban J connectivity index is 1.78. The molecule has 1 aliphatic rings. The number of para-hydroxylation sites is 1. The molecule has 0 saturated carbocycles. The number of aromatic amines is 1. The van der Waals surface area contributed by atoms with Crippen LogP contribution in [0.15, 0.2) is 48.7 Å². The molecular formula is C48H69F2N17O9. The van der Waals surface area contributed by atoms with Crippen molar-refractivity contribution in [3.8, 4) is 0 Å². The van der Waals surface area contributed by atoms with Crippen molar-refractivity contribution in [1.29, 1.82) is 10.8 Å². The molecule has 0 radical (unpaired) electrons. The second-order valence-electron chi connectivity index (χ2n) is 18.1. The molecule has 0 spiro atoms. The maximum atomic E-state index is 14.6. The Bertz CT molecular complexity index is 2580. The van der Waals surface area contributed by atoms with Crippen LogP contribution in [0.2, 0.25) is 0 Å². The Labute approximate surface area is 436 Å². The predicted molar refractivity (Wildman–Crippen MR) is 274 cm³/mol. The van der Waals surface area contributed by atoms with Crippen molar-refractivity contribution in [1.82, 2.24) is 58.2 Å². The standard InChI is InChI=1S/C48H69F2N17O9/c1-25(68)61-33(10-5-19-58-47(53)54)41(71)64-35-14-15-39(69)57-18-4-9-32(40(52)70)62-46(76)38(23-27-24-60-31-8-3-2-7-28(27)31)67-42(72)34(11-6-20-59-48(55)56)63-45(75)37(22-26-12-13-29(49)30(50)21-26)66-44(74)36(16-17-51)65-43(35)73/h2-3,7-8,12-13,21,24,32-38,60H,4-6,9-11,14-20,22-23,51H2,1H3,(H2,52,70)(H,57,69)(H,61,68)(H,62,76)(H,63,75)(H,64,71)(H,65,73)(H,66,74)(H,67,72)(H4,53,54,58)(H4,55,56,59)/t32-,33-,34-,35-,36-,37+,38-/m0/s1. The molecule has 76 heavy (non-hydrogen) atoms. The minimum Gasteiger partial charge on any atom is -0.370 e. The maximum Gasteiger partial charge on any atom is 0.243 e. The van der Waals surface area contributed by atoms with Gasteiger partial charge in [0.2, 0.25) is 53.2 Å². The van der Waals surface area contributed by atoms with Crippen LogP contribution in [0.3, 0.4) is 0 Å². The molecular weight excluding hydrogens is 997 g/mol. The summed E-state index contributed by atoms with van der Waals surface area (Å²) in [6, 6.07) is -0.368. The van der Waals surface area contributed by atoms with E-state index in [0.29, 0.717) is 16.5 Å². The Morgan fingerprint density at radius 2 is 1.34 bits per heavy atom. The summed E-state index contributed by atoms with van der Waals surface area (Å²) in [5.41, 5.74) is 23.8. The van der Waals surface area contributed by atoms with Gasteiger partial charge in [0, 0.05) is 62.9 Å². The molecule has 1 saturated heterocycles. The van der Waals surface area contributed by atoms with Crippen LogP contribution in [-0.2, 0) is 56.0 Å². The number of amides is 9. The zero-order valence-electron chi connectivity index (χ0n) is 42.0. The van der Waals surface area contributed by atoms with Crippen LogP contribution in [0, 0.1) is 22.5 Å². The van der Waals surface area contributed by atoms with Crippen LogP contribution in [0.1, 0.15) is 75.8 Å². The van der Waals surface area contributed by atoms with E-state index < -0.39 is 120 Å². The number of H-pyrrole nitrogens is 1. The first-order chi connectivity index (χ1) is 36.1. The van der Waals surface area contributed by atoms with Gasteiger partial charge in [-0.1, -0.05) is 24.3 Å². The summed E-state index contributed by atoms with van der Waals surface area (Å²) in [6.07, 6.45) is 0.0862. The summed E-state index contributed by atoms with van der Waals surface area (Å²) < 4.78 is 28.8. The highest BCUT2D eigenvalue weighted by Gasteiger charge is 2.35. The Kier molecular flexibility index (Phi) is 23.8. The van der Waals surface area contributed by atoms with Crippen LogP contribution < -0.4 is 76.1 Å². The van der Waals surface area contributed by atoms with Crippen LogP contribution in [0.4, 0.5) is 8.78 Å². The van der Waals surface area contributed by atoms with E-state index in [1.807, 2.05) is 0 Å². The third-order valence-corrected chi connectivity index (χ3v) is 12.1. The molecule has 7 atom stereocenters. The average molecular weight is 1070 g/mol. The van der Waals surface area contributed by atoms with Gasteiger partial charge in [0.25, 0.3) is 0 Å². The van der Waals surface area contributed by atoms with Gasteiger partial charge >= 0.3 is 0 Å². The summed E-state index contributed by atoms with van der Waals surface area (Å²) in [5, 5.41) is 41.5. The van der Waals surface area contributed by atoms with Crippen molar-refractivity contribution in [3.63, 3.8) is 0 Å². The summed E-state index contributed by atoms with van der Waals surface area (Å²) in [7, 11) is 0. The first kappa shape index (κ1) is 60.1. The van der Waals surface area contributed by atoms with Gasteiger partial charge in [0.1, 0.15) is 42.3 Å². The number of fused-ring (bicyclic) bond motifs is 1. The fourth-order valence-electron chi connectivity index (χ4n) is 8.20. The second-order valence-corrected chi connectivity index (χ2v) is 18.1. The molecule has 0 unspecified atom stereocenters. The maximum absolute atomic E-state index is 14.6. The molecule has 414 valence electrons. The zero-order valence-corrected chi connectivity index (χ0v) is 42.0. The number of halogens is 2. The number of hydrogen-bond donors (Lipinski definition) is 17. The number of nitrogens with two attached hydrogens (primary N) is 4. The number of aromatic nitrogens is 1.